The van der Waals surface area contributed by atoms with Crippen LogP contribution in [0.4, 0.5) is 5.95 Å². The van der Waals surface area contributed by atoms with Gasteiger partial charge in [0.05, 0.1) is 5.92 Å². The van der Waals surface area contributed by atoms with Crippen LogP contribution in [0, 0.1) is 11.8 Å². The standard InChI is InChI=1S/C14H24N6O2/c1-9(2)7-20-8-10(3-4-12(20)21)13(22)16-6-5-11-17-14(15)19-18-11/h9-10H,3-8H2,1-2H3,(H,16,22)(H3,15,17,18,19)/t10-/m1/s1. The van der Waals surface area contributed by atoms with Gasteiger partial charge in [0, 0.05) is 32.5 Å². The van der Waals surface area contributed by atoms with Gasteiger partial charge < -0.3 is 16.0 Å². The molecule has 0 saturated carbocycles. The van der Waals surface area contributed by atoms with Gasteiger partial charge in [-0.3, -0.25) is 14.7 Å². The summed E-state index contributed by atoms with van der Waals surface area (Å²) < 4.78 is 0. The number of aromatic amines is 1. The highest BCUT2D eigenvalue weighted by Gasteiger charge is 2.30. The van der Waals surface area contributed by atoms with E-state index < -0.39 is 0 Å². The van der Waals surface area contributed by atoms with Crippen molar-refractivity contribution in [3.8, 4) is 0 Å². The van der Waals surface area contributed by atoms with Crippen molar-refractivity contribution in [3.05, 3.63) is 5.82 Å². The predicted molar refractivity (Wildman–Crippen MR) is 81.7 cm³/mol. The smallest absolute Gasteiger partial charge is 0.239 e. The van der Waals surface area contributed by atoms with Crippen molar-refractivity contribution in [2.45, 2.75) is 33.1 Å². The lowest BCUT2D eigenvalue weighted by Crippen LogP contribution is -2.47. The van der Waals surface area contributed by atoms with Gasteiger partial charge in [-0.2, -0.15) is 4.98 Å². The molecule has 1 aromatic rings. The minimum absolute atomic E-state index is 0.00579. The minimum Gasteiger partial charge on any atom is -0.367 e. The Morgan fingerprint density at radius 1 is 1.55 bits per heavy atom. The first-order valence-electron chi connectivity index (χ1n) is 7.68. The Bertz CT molecular complexity index is 527. The maximum absolute atomic E-state index is 12.2. The van der Waals surface area contributed by atoms with E-state index >= 15 is 0 Å². The lowest BCUT2D eigenvalue weighted by Gasteiger charge is -2.33. The Kier molecular flexibility index (Phi) is 5.35. The van der Waals surface area contributed by atoms with Crippen molar-refractivity contribution in [1.82, 2.24) is 25.4 Å². The molecule has 1 fully saturated rings. The molecular formula is C14H24N6O2. The Labute approximate surface area is 129 Å². The summed E-state index contributed by atoms with van der Waals surface area (Å²) in [5.41, 5.74) is 5.42. The number of likely N-dealkylation sites (tertiary alicyclic amines) is 1. The Hall–Kier alpha value is -2.12. The molecule has 2 amide bonds. The summed E-state index contributed by atoms with van der Waals surface area (Å²) in [7, 11) is 0. The number of amides is 2. The molecule has 1 atom stereocenters. The van der Waals surface area contributed by atoms with Gasteiger partial charge in [0.25, 0.3) is 0 Å². The zero-order chi connectivity index (χ0) is 16.1. The molecule has 1 aromatic heterocycles. The minimum atomic E-state index is -0.128. The third-order valence-electron chi connectivity index (χ3n) is 3.67. The first kappa shape index (κ1) is 16.3. The number of aromatic nitrogens is 3. The molecule has 4 N–H and O–H groups in total. The van der Waals surface area contributed by atoms with Crippen molar-refractivity contribution in [1.29, 1.82) is 0 Å². The van der Waals surface area contributed by atoms with E-state index in [1.54, 1.807) is 4.90 Å². The number of carbonyl (C=O) groups is 2. The zero-order valence-corrected chi connectivity index (χ0v) is 13.1. The number of nitrogens with two attached hydrogens (primary N) is 1. The molecule has 8 heteroatoms. The molecule has 0 spiro atoms. The van der Waals surface area contributed by atoms with Crippen LogP contribution in [0.25, 0.3) is 0 Å². The molecule has 2 heterocycles. The van der Waals surface area contributed by atoms with E-state index in [-0.39, 0.29) is 23.7 Å². The topological polar surface area (TPSA) is 117 Å². The molecule has 0 bridgehead atoms. The van der Waals surface area contributed by atoms with E-state index in [1.165, 1.54) is 0 Å². The second-order valence-electron chi connectivity index (χ2n) is 6.11. The first-order chi connectivity index (χ1) is 10.5. The van der Waals surface area contributed by atoms with Crippen LogP contribution in [0.15, 0.2) is 0 Å². The molecule has 8 nitrogen and oxygen atoms in total. The number of hydrogen-bond donors (Lipinski definition) is 3. The molecule has 22 heavy (non-hydrogen) atoms. The molecular weight excluding hydrogens is 284 g/mol. The molecule has 1 aliphatic heterocycles. The number of hydrogen-bond acceptors (Lipinski definition) is 5. The van der Waals surface area contributed by atoms with Crippen molar-refractivity contribution in [2.75, 3.05) is 25.4 Å². The van der Waals surface area contributed by atoms with Gasteiger partial charge in [-0.05, 0) is 12.3 Å². The van der Waals surface area contributed by atoms with Crippen LogP contribution in [-0.4, -0.2) is 51.5 Å². The van der Waals surface area contributed by atoms with Crippen LogP contribution in [0.5, 0.6) is 0 Å². The maximum atomic E-state index is 12.2. The van der Waals surface area contributed by atoms with Crippen LogP contribution in [0.2, 0.25) is 0 Å². The Morgan fingerprint density at radius 2 is 2.32 bits per heavy atom. The molecule has 0 radical (unpaired) electrons. The summed E-state index contributed by atoms with van der Waals surface area (Å²) in [6, 6.07) is 0. The normalized spacial score (nSPS) is 18.8. The fourth-order valence-electron chi connectivity index (χ4n) is 2.62. The summed E-state index contributed by atoms with van der Waals surface area (Å²) in [4.78, 5) is 29.9. The molecule has 1 aliphatic rings. The monoisotopic (exact) mass is 308 g/mol. The Balaban J connectivity index is 1.78. The summed E-state index contributed by atoms with van der Waals surface area (Å²) >= 11 is 0. The van der Waals surface area contributed by atoms with Crippen molar-refractivity contribution < 1.29 is 9.59 Å². The van der Waals surface area contributed by atoms with Gasteiger partial charge in [-0.1, -0.05) is 13.8 Å². The number of piperidine rings is 1. The quantitative estimate of drug-likeness (QED) is 0.680. The van der Waals surface area contributed by atoms with E-state index in [9.17, 15) is 9.59 Å². The zero-order valence-electron chi connectivity index (χ0n) is 13.1. The molecule has 0 aromatic carbocycles. The van der Waals surface area contributed by atoms with Crippen molar-refractivity contribution >= 4 is 17.8 Å². The molecule has 0 unspecified atom stereocenters. The maximum Gasteiger partial charge on any atom is 0.239 e. The van der Waals surface area contributed by atoms with Gasteiger partial charge in [-0.25, -0.2) is 0 Å². The van der Waals surface area contributed by atoms with Gasteiger partial charge in [0.2, 0.25) is 17.8 Å². The number of anilines is 1. The highest BCUT2D eigenvalue weighted by molar-refractivity contribution is 5.83. The van der Waals surface area contributed by atoms with Gasteiger partial charge >= 0.3 is 0 Å². The lowest BCUT2D eigenvalue weighted by atomic mass is 9.96. The van der Waals surface area contributed by atoms with E-state index in [1.807, 2.05) is 0 Å². The number of nitrogen functional groups attached to an aromatic ring is 1. The van der Waals surface area contributed by atoms with Gasteiger partial charge in [-0.15, -0.1) is 5.10 Å². The summed E-state index contributed by atoms with van der Waals surface area (Å²) in [6.07, 6.45) is 1.62. The average molecular weight is 308 g/mol. The van der Waals surface area contributed by atoms with Gasteiger partial charge in [0.15, 0.2) is 0 Å². The second kappa shape index (κ2) is 7.24. The summed E-state index contributed by atoms with van der Waals surface area (Å²) in [5, 5.41) is 9.33. The summed E-state index contributed by atoms with van der Waals surface area (Å²) in [6.45, 7) is 5.83. The number of rotatable bonds is 6. The lowest BCUT2D eigenvalue weighted by molar-refractivity contribution is -0.138. The fourth-order valence-corrected chi connectivity index (χ4v) is 2.62. The first-order valence-corrected chi connectivity index (χ1v) is 7.68. The summed E-state index contributed by atoms with van der Waals surface area (Å²) in [5.74, 6) is 1.28. The van der Waals surface area contributed by atoms with Crippen molar-refractivity contribution in [3.63, 3.8) is 0 Å². The van der Waals surface area contributed by atoms with E-state index in [4.69, 9.17) is 5.73 Å². The Morgan fingerprint density at radius 3 is 2.95 bits per heavy atom. The predicted octanol–water partition coefficient (Wildman–Crippen LogP) is -0.0598. The molecule has 2 rings (SSSR count). The van der Waals surface area contributed by atoms with Crippen molar-refractivity contribution in [2.24, 2.45) is 11.8 Å². The van der Waals surface area contributed by atoms with Crippen LogP contribution in [0.3, 0.4) is 0 Å². The van der Waals surface area contributed by atoms with E-state index in [2.05, 4.69) is 34.3 Å². The second-order valence-corrected chi connectivity index (χ2v) is 6.11. The van der Waals surface area contributed by atoms with E-state index in [0.717, 1.165) is 0 Å². The average Bonchev–Trinajstić information content (AvgIpc) is 2.86. The highest BCUT2D eigenvalue weighted by atomic mass is 16.2. The van der Waals surface area contributed by atoms with Gasteiger partial charge in [0.1, 0.15) is 5.82 Å². The number of nitrogens with one attached hydrogen (secondary N) is 2. The van der Waals surface area contributed by atoms with Crippen LogP contribution >= 0.6 is 0 Å². The number of nitrogens with zero attached hydrogens (tertiary/aromatic N) is 3. The third-order valence-corrected chi connectivity index (χ3v) is 3.67. The number of H-pyrrole nitrogens is 1. The van der Waals surface area contributed by atoms with Crippen LogP contribution in [0.1, 0.15) is 32.5 Å². The third kappa shape index (κ3) is 4.44. The molecule has 0 aliphatic carbocycles. The fraction of sp³-hybridized carbons (Fsp3) is 0.714. The van der Waals surface area contributed by atoms with Crippen LogP contribution in [-0.2, 0) is 16.0 Å². The largest absolute Gasteiger partial charge is 0.367 e. The van der Waals surface area contributed by atoms with E-state index in [0.29, 0.717) is 50.6 Å². The van der Waals surface area contributed by atoms with Crippen LogP contribution < -0.4 is 11.1 Å². The highest BCUT2D eigenvalue weighted by Crippen LogP contribution is 2.18. The SMILES string of the molecule is CC(C)CN1C[C@H](C(=O)NCCc2nc(N)n[nH]2)CCC1=O. The number of carbonyl (C=O) groups excluding carboxylic acids is 2. The molecule has 1 saturated heterocycles. The molecule has 122 valence electrons.